The van der Waals surface area contributed by atoms with E-state index < -0.39 is 0 Å². The van der Waals surface area contributed by atoms with Gasteiger partial charge in [0.15, 0.2) is 0 Å². The van der Waals surface area contributed by atoms with E-state index in [1.54, 1.807) is 0 Å². The molecule has 2 rings (SSSR count). The third kappa shape index (κ3) is 3.42. The largest absolute Gasteiger partial charge is 0.323 e. The van der Waals surface area contributed by atoms with Gasteiger partial charge in [-0.3, -0.25) is 10.1 Å². The van der Waals surface area contributed by atoms with E-state index in [1.165, 1.54) is 19.3 Å². The third-order valence-electron chi connectivity index (χ3n) is 5.47. The van der Waals surface area contributed by atoms with Gasteiger partial charge in [-0.2, -0.15) is 0 Å². The third-order valence-corrected chi connectivity index (χ3v) is 5.47. The normalized spacial score (nSPS) is 26.2. The lowest BCUT2D eigenvalue weighted by molar-refractivity contribution is -0.135. The van der Waals surface area contributed by atoms with Crippen LogP contribution in [0.25, 0.3) is 0 Å². The Labute approximate surface area is 130 Å². The van der Waals surface area contributed by atoms with Gasteiger partial charge in [0.05, 0.1) is 11.7 Å². The molecule has 1 heterocycles. The van der Waals surface area contributed by atoms with E-state index >= 15 is 0 Å². The molecule has 2 fully saturated rings. The first kappa shape index (κ1) is 16.8. The molecule has 1 aliphatic heterocycles. The first-order valence-electron chi connectivity index (χ1n) is 8.87. The minimum atomic E-state index is -0.216. The van der Waals surface area contributed by atoms with Gasteiger partial charge in [0.25, 0.3) is 0 Å². The molecule has 1 saturated carbocycles. The summed E-state index contributed by atoms with van der Waals surface area (Å²) in [5.74, 6) is 0.364. The van der Waals surface area contributed by atoms with Crippen LogP contribution in [-0.2, 0) is 4.79 Å². The topological polar surface area (TPSA) is 35.6 Å². The summed E-state index contributed by atoms with van der Waals surface area (Å²) in [6.07, 6.45) is 6.90. The van der Waals surface area contributed by atoms with E-state index in [2.05, 4.69) is 42.8 Å². The van der Waals surface area contributed by atoms with Gasteiger partial charge in [0.2, 0.25) is 5.91 Å². The van der Waals surface area contributed by atoms with Gasteiger partial charge in [0.1, 0.15) is 0 Å². The van der Waals surface area contributed by atoms with Gasteiger partial charge >= 0.3 is 0 Å². The van der Waals surface area contributed by atoms with Crippen LogP contribution in [0, 0.1) is 0 Å². The Balaban J connectivity index is 1.87. The standard InChI is InChI=1S/C17H33N3O/c1-5-19(6-2)13-9-10-14(3)20-15(4)18-17(16(20)21)11-7-8-12-17/h14-15,18H,5-13H2,1-4H3. The molecule has 122 valence electrons. The monoisotopic (exact) mass is 295 g/mol. The van der Waals surface area contributed by atoms with Crippen LogP contribution < -0.4 is 5.32 Å². The minimum absolute atomic E-state index is 0.194. The molecule has 1 amide bonds. The maximum Gasteiger partial charge on any atom is 0.244 e. The summed E-state index contributed by atoms with van der Waals surface area (Å²) in [4.78, 5) is 17.4. The number of rotatable bonds is 7. The molecule has 4 heteroatoms. The van der Waals surface area contributed by atoms with Crippen molar-refractivity contribution in [2.24, 2.45) is 0 Å². The molecule has 0 aromatic rings. The average molecular weight is 295 g/mol. The fourth-order valence-electron chi connectivity index (χ4n) is 4.16. The van der Waals surface area contributed by atoms with Crippen molar-refractivity contribution < 1.29 is 4.79 Å². The molecule has 2 aliphatic rings. The molecule has 0 aromatic carbocycles. The van der Waals surface area contributed by atoms with Crippen LogP contribution in [0.2, 0.25) is 0 Å². The quantitative estimate of drug-likeness (QED) is 0.784. The molecule has 0 bridgehead atoms. The fraction of sp³-hybridized carbons (Fsp3) is 0.941. The molecule has 1 N–H and O–H groups in total. The molecule has 4 nitrogen and oxygen atoms in total. The van der Waals surface area contributed by atoms with E-state index in [0.717, 1.165) is 38.9 Å². The van der Waals surface area contributed by atoms with E-state index in [1.807, 2.05) is 0 Å². The predicted molar refractivity (Wildman–Crippen MR) is 87.1 cm³/mol. The molecule has 1 spiro atoms. The van der Waals surface area contributed by atoms with Gasteiger partial charge < -0.3 is 9.80 Å². The van der Waals surface area contributed by atoms with Crippen LogP contribution in [0.4, 0.5) is 0 Å². The van der Waals surface area contributed by atoms with Gasteiger partial charge in [0, 0.05) is 6.04 Å². The summed E-state index contributed by atoms with van der Waals surface area (Å²) in [5.41, 5.74) is -0.216. The molecule has 0 aromatic heterocycles. The zero-order valence-corrected chi connectivity index (χ0v) is 14.3. The predicted octanol–water partition coefficient (Wildman–Crippen LogP) is 2.59. The first-order valence-corrected chi connectivity index (χ1v) is 8.87. The van der Waals surface area contributed by atoms with Crippen molar-refractivity contribution in [3.05, 3.63) is 0 Å². The second kappa shape index (κ2) is 7.10. The van der Waals surface area contributed by atoms with Crippen LogP contribution in [-0.4, -0.2) is 53.1 Å². The second-order valence-electron chi connectivity index (χ2n) is 6.84. The van der Waals surface area contributed by atoms with E-state index in [4.69, 9.17) is 0 Å². The van der Waals surface area contributed by atoms with Crippen molar-refractivity contribution >= 4 is 5.91 Å². The molecular weight excluding hydrogens is 262 g/mol. The molecule has 0 radical (unpaired) electrons. The minimum Gasteiger partial charge on any atom is -0.323 e. The maximum absolute atomic E-state index is 12.8. The summed E-state index contributed by atoms with van der Waals surface area (Å²) in [5, 5.41) is 3.60. The molecule has 1 aliphatic carbocycles. The smallest absolute Gasteiger partial charge is 0.244 e. The number of hydrogen-bond acceptors (Lipinski definition) is 3. The van der Waals surface area contributed by atoms with Crippen LogP contribution in [0.1, 0.15) is 66.2 Å². The number of amides is 1. The summed E-state index contributed by atoms with van der Waals surface area (Å²) < 4.78 is 0. The number of nitrogens with one attached hydrogen (secondary N) is 1. The lowest BCUT2D eigenvalue weighted by Crippen LogP contribution is -2.45. The first-order chi connectivity index (χ1) is 10.0. The zero-order chi connectivity index (χ0) is 15.5. The van der Waals surface area contributed by atoms with Crippen molar-refractivity contribution in [3.63, 3.8) is 0 Å². The number of nitrogens with zero attached hydrogens (tertiary/aromatic N) is 2. The van der Waals surface area contributed by atoms with E-state index in [9.17, 15) is 4.79 Å². The Hall–Kier alpha value is -0.610. The Morgan fingerprint density at radius 2 is 1.95 bits per heavy atom. The second-order valence-corrected chi connectivity index (χ2v) is 6.84. The molecule has 21 heavy (non-hydrogen) atoms. The van der Waals surface area contributed by atoms with Gasteiger partial charge in [-0.15, -0.1) is 0 Å². The Bertz CT molecular complexity index is 348. The summed E-state index contributed by atoms with van der Waals surface area (Å²) in [7, 11) is 0. The van der Waals surface area contributed by atoms with Crippen molar-refractivity contribution in [1.82, 2.24) is 15.1 Å². The van der Waals surface area contributed by atoms with Crippen LogP contribution in [0.15, 0.2) is 0 Å². The van der Waals surface area contributed by atoms with Crippen LogP contribution in [0.3, 0.4) is 0 Å². The molecule has 2 atom stereocenters. The van der Waals surface area contributed by atoms with Crippen molar-refractivity contribution in [2.75, 3.05) is 19.6 Å². The lowest BCUT2D eigenvalue weighted by Gasteiger charge is -2.29. The van der Waals surface area contributed by atoms with Gasteiger partial charge in [-0.25, -0.2) is 0 Å². The Morgan fingerprint density at radius 3 is 2.52 bits per heavy atom. The molecule has 1 saturated heterocycles. The van der Waals surface area contributed by atoms with Gasteiger partial charge in [-0.1, -0.05) is 26.7 Å². The van der Waals surface area contributed by atoms with Crippen LogP contribution >= 0.6 is 0 Å². The lowest BCUT2D eigenvalue weighted by atomic mass is 9.97. The molecular formula is C17H33N3O. The maximum atomic E-state index is 12.8. The van der Waals surface area contributed by atoms with Crippen molar-refractivity contribution in [3.8, 4) is 0 Å². The number of hydrogen-bond donors (Lipinski definition) is 1. The van der Waals surface area contributed by atoms with E-state index in [0.29, 0.717) is 11.9 Å². The zero-order valence-electron chi connectivity index (χ0n) is 14.3. The summed E-state index contributed by atoms with van der Waals surface area (Å²) >= 11 is 0. The highest BCUT2D eigenvalue weighted by Gasteiger charge is 2.51. The van der Waals surface area contributed by atoms with E-state index in [-0.39, 0.29) is 11.7 Å². The highest BCUT2D eigenvalue weighted by Crippen LogP contribution is 2.37. The highest BCUT2D eigenvalue weighted by molar-refractivity contribution is 5.89. The summed E-state index contributed by atoms with van der Waals surface area (Å²) in [6.45, 7) is 12.2. The van der Waals surface area contributed by atoms with Gasteiger partial charge in [-0.05, 0) is 59.2 Å². The van der Waals surface area contributed by atoms with Crippen LogP contribution in [0.5, 0.6) is 0 Å². The Morgan fingerprint density at radius 1 is 1.33 bits per heavy atom. The molecule has 2 unspecified atom stereocenters. The number of carbonyl (C=O) groups excluding carboxylic acids is 1. The average Bonchev–Trinajstić information content (AvgIpc) is 3.02. The number of carbonyl (C=O) groups is 1. The SMILES string of the molecule is CCN(CC)CCCC(C)N1C(=O)C2(CCCC2)NC1C. The summed E-state index contributed by atoms with van der Waals surface area (Å²) in [6, 6.07) is 0.343. The Kier molecular flexibility index (Phi) is 5.67. The van der Waals surface area contributed by atoms with Crippen molar-refractivity contribution in [2.45, 2.75) is 84.0 Å². The highest BCUT2D eigenvalue weighted by atomic mass is 16.2. The fourth-order valence-corrected chi connectivity index (χ4v) is 4.16. The van der Waals surface area contributed by atoms with Crippen molar-refractivity contribution in [1.29, 1.82) is 0 Å².